The van der Waals surface area contributed by atoms with E-state index in [1.165, 1.54) is 0 Å². The number of fused-ring (bicyclic) bond motifs is 2. The summed E-state index contributed by atoms with van der Waals surface area (Å²) < 4.78 is 90.4. The second kappa shape index (κ2) is 31.6. The first-order valence-electron chi connectivity index (χ1n) is 25.2. The van der Waals surface area contributed by atoms with Gasteiger partial charge in [-0.1, -0.05) is 70.7 Å². The average Bonchev–Trinajstić information content (AvgIpc) is 3.50. The summed E-state index contributed by atoms with van der Waals surface area (Å²) in [7, 11) is -3.67. The Hall–Kier alpha value is -3.60. The largest absolute Gasteiger partial charge is 0.380 e. The highest BCUT2D eigenvalue weighted by molar-refractivity contribution is 7.89. The van der Waals surface area contributed by atoms with Gasteiger partial charge in [-0.15, -0.1) is 0 Å². The van der Waals surface area contributed by atoms with Gasteiger partial charge in [-0.05, 0) is 96.0 Å². The van der Waals surface area contributed by atoms with E-state index in [-0.39, 0.29) is 127 Å². The van der Waals surface area contributed by atoms with E-state index in [4.69, 9.17) is 74.8 Å². The molecule has 6 N–H and O–H groups in total. The molecule has 0 spiro atoms. The number of carbonyl (C=O) groups excluding carboxylic acids is 2. The van der Waals surface area contributed by atoms with E-state index >= 15 is 0 Å². The lowest BCUT2D eigenvalue weighted by Crippen LogP contribution is -2.50. The summed E-state index contributed by atoms with van der Waals surface area (Å²) in [6.07, 6.45) is -4.04. The predicted octanol–water partition coefficient (Wildman–Crippen LogP) is 3.77. The van der Waals surface area contributed by atoms with Crippen molar-refractivity contribution in [1.29, 1.82) is 0 Å². The van der Waals surface area contributed by atoms with Crippen molar-refractivity contribution in [2.45, 2.75) is 46.9 Å². The minimum Gasteiger partial charge on any atom is -0.380 e. The number of hydrogen-bond donors (Lipinski definition) is 6. The monoisotopic (exact) mass is 1200 g/mol. The number of likely N-dealkylation sites (N-methyl/N-ethyl adjacent to an activating group) is 2. The van der Waals surface area contributed by atoms with Crippen LogP contribution in [0.1, 0.15) is 45.2 Å². The maximum Gasteiger partial charge on any atom is 0.252 e. The fraction of sp³-hybridized carbons (Fsp3) is 0.500. The van der Waals surface area contributed by atoms with Gasteiger partial charge in [0.25, 0.3) is 11.8 Å². The van der Waals surface area contributed by atoms with Gasteiger partial charge >= 0.3 is 0 Å². The third-order valence-corrected chi connectivity index (χ3v) is 16.6. The molecule has 0 saturated carbocycles. The molecule has 4 aromatic carbocycles. The van der Waals surface area contributed by atoms with Gasteiger partial charge in [-0.2, -0.15) is 0 Å². The van der Waals surface area contributed by atoms with E-state index in [9.17, 15) is 36.6 Å². The second-order valence-electron chi connectivity index (χ2n) is 18.5. The van der Waals surface area contributed by atoms with Crippen LogP contribution in [0.4, 0.5) is 0 Å². The molecule has 4 atom stereocenters. The lowest BCUT2D eigenvalue weighted by Gasteiger charge is -2.33. The van der Waals surface area contributed by atoms with Crippen LogP contribution in [-0.4, -0.2) is 194 Å². The van der Waals surface area contributed by atoms with Gasteiger partial charge in [0, 0.05) is 84.3 Å². The first-order chi connectivity index (χ1) is 37.3. The molecular formula is C52H68Cl4N6O14S2. The molecule has 2 unspecified atom stereocenters. The zero-order chi connectivity index (χ0) is 56.2. The normalized spacial score (nSPS) is 16.8. The lowest BCUT2D eigenvalue weighted by atomic mass is 9.85. The van der Waals surface area contributed by atoms with Crippen LogP contribution in [0, 0.1) is 0 Å². The Balaban J connectivity index is 0.717. The van der Waals surface area contributed by atoms with Crippen LogP contribution in [0.25, 0.3) is 0 Å². The SMILES string of the molecule is CN1Cc2c(Cl)cc(Cl)cc2[C@@H](c2cccc(S(=O)(=O)NCCOCCOCCOCCNC(=O)C(O)C(O)C(=O)NCCOCCOCCOCCNS(=O)(=O)c3cccc([C@H]4CN(C)Cc5c(Cl)cc(Cl)cc54)c3)c2)C1. The molecule has 4 aromatic rings. The van der Waals surface area contributed by atoms with Crippen LogP contribution in [-0.2, 0) is 71.1 Å². The van der Waals surface area contributed by atoms with Crippen molar-refractivity contribution in [1.82, 2.24) is 29.9 Å². The Morgan fingerprint density at radius 3 is 1.22 bits per heavy atom. The summed E-state index contributed by atoms with van der Waals surface area (Å²) in [4.78, 5) is 29.1. The molecule has 6 rings (SSSR count). The number of carbonyl (C=O) groups is 2. The van der Waals surface area contributed by atoms with Crippen molar-refractivity contribution in [3.8, 4) is 0 Å². The van der Waals surface area contributed by atoms with E-state index in [0.29, 0.717) is 46.3 Å². The highest BCUT2D eigenvalue weighted by atomic mass is 35.5. The Morgan fingerprint density at radius 2 is 0.859 bits per heavy atom. The van der Waals surface area contributed by atoms with Gasteiger partial charge < -0.3 is 59.1 Å². The summed E-state index contributed by atoms with van der Waals surface area (Å²) in [5, 5.41) is 27.3. The van der Waals surface area contributed by atoms with Crippen LogP contribution in [0.3, 0.4) is 0 Å². The van der Waals surface area contributed by atoms with Crippen LogP contribution in [0.5, 0.6) is 0 Å². The summed E-state index contributed by atoms with van der Waals surface area (Å²) >= 11 is 25.7. The van der Waals surface area contributed by atoms with Gasteiger partial charge in [-0.3, -0.25) is 9.59 Å². The van der Waals surface area contributed by atoms with Crippen molar-refractivity contribution in [3.05, 3.63) is 126 Å². The molecule has 2 heterocycles. The molecular weight excluding hydrogens is 1140 g/mol. The van der Waals surface area contributed by atoms with Crippen molar-refractivity contribution < 1.29 is 65.1 Å². The number of rotatable bonds is 33. The zero-order valence-electron chi connectivity index (χ0n) is 43.4. The Labute approximate surface area is 476 Å². The molecule has 430 valence electrons. The quantitative estimate of drug-likeness (QED) is 0.0372. The second-order valence-corrected chi connectivity index (χ2v) is 23.7. The first-order valence-corrected chi connectivity index (χ1v) is 29.7. The number of amides is 2. The maximum absolute atomic E-state index is 13.1. The average molecular weight is 1210 g/mol. The summed E-state index contributed by atoms with van der Waals surface area (Å²) in [6, 6.07) is 20.9. The summed E-state index contributed by atoms with van der Waals surface area (Å²) in [5.74, 6) is -2.15. The van der Waals surface area contributed by atoms with Crippen LogP contribution in [0.2, 0.25) is 20.1 Å². The fourth-order valence-corrected chi connectivity index (χ4v) is 12.1. The standard InChI is InChI=1S/C52H68Cl4N6O14S2/c1-61-31-43(41-27-37(53)29-47(55)45(41)33-61)35-5-3-7-39(25-35)77(67,68)59-11-15-73-19-23-75-21-17-71-13-9-57-51(65)49(63)50(64)52(66)58-10-14-72-18-22-76-24-20-74-16-12-60-78(69,70)40-8-4-6-36(26-40)44-32-62(2)34-46-42(44)28-38(54)30-48(46)56/h3-8,25-30,43-44,49-50,59-60,63-64H,9-24,31-34H2,1-2H3,(H,57,65)(H,58,66)/t43-,44-,49?,50?/m1/s1. The highest BCUT2D eigenvalue weighted by Gasteiger charge is 2.32. The molecule has 0 saturated heterocycles. The van der Waals surface area contributed by atoms with E-state index < -0.39 is 44.1 Å². The van der Waals surface area contributed by atoms with Gasteiger partial charge in [0.15, 0.2) is 12.2 Å². The molecule has 0 bridgehead atoms. The number of nitrogens with one attached hydrogen (secondary N) is 4. The zero-order valence-corrected chi connectivity index (χ0v) is 48.1. The van der Waals surface area contributed by atoms with Crippen LogP contribution >= 0.6 is 46.4 Å². The van der Waals surface area contributed by atoms with Gasteiger partial charge in [0.05, 0.1) is 89.1 Å². The molecule has 2 aliphatic heterocycles. The van der Waals surface area contributed by atoms with Gasteiger partial charge in [0.2, 0.25) is 20.0 Å². The number of aliphatic hydroxyl groups is 2. The number of sulfonamides is 2. The van der Waals surface area contributed by atoms with Crippen molar-refractivity contribution in [3.63, 3.8) is 0 Å². The van der Waals surface area contributed by atoms with E-state index in [1.807, 2.05) is 38.4 Å². The molecule has 20 nitrogen and oxygen atoms in total. The number of nitrogens with zero attached hydrogens (tertiary/aromatic N) is 2. The van der Waals surface area contributed by atoms with Gasteiger partial charge in [0.1, 0.15) is 0 Å². The number of halogens is 4. The number of benzene rings is 4. The number of hydrogen-bond acceptors (Lipinski definition) is 16. The Morgan fingerprint density at radius 1 is 0.526 bits per heavy atom. The van der Waals surface area contributed by atoms with E-state index in [0.717, 1.165) is 33.4 Å². The number of aliphatic hydroxyl groups excluding tert-OH is 2. The molecule has 0 fully saturated rings. The van der Waals surface area contributed by atoms with Gasteiger partial charge in [-0.25, -0.2) is 26.3 Å². The summed E-state index contributed by atoms with van der Waals surface area (Å²) in [5.41, 5.74) is 5.57. The molecule has 2 aliphatic rings. The Bertz CT molecular complexity index is 2650. The molecule has 78 heavy (non-hydrogen) atoms. The molecule has 0 aromatic heterocycles. The molecule has 0 radical (unpaired) electrons. The minimum atomic E-state index is -3.82. The van der Waals surface area contributed by atoms with Crippen molar-refractivity contribution >= 4 is 78.3 Å². The topological polar surface area (TPSA) is 253 Å². The molecule has 26 heteroatoms. The predicted molar refractivity (Wildman–Crippen MR) is 295 cm³/mol. The molecule has 0 aliphatic carbocycles. The maximum atomic E-state index is 13.1. The van der Waals surface area contributed by atoms with Crippen LogP contribution < -0.4 is 20.1 Å². The smallest absolute Gasteiger partial charge is 0.252 e. The Kier molecular flexibility index (Phi) is 25.7. The fourth-order valence-electron chi connectivity index (χ4n) is 8.79. The van der Waals surface area contributed by atoms with E-state index in [2.05, 4.69) is 29.9 Å². The lowest BCUT2D eigenvalue weighted by molar-refractivity contribution is -0.146. The summed E-state index contributed by atoms with van der Waals surface area (Å²) in [6.45, 7) is 4.80. The number of ether oxygens (including phenoxy) is 6. The van der Waals surface area contributed by atoms with E-state index in [1.54, 1.807) is 48.5 Å². The first kappa shape index (κ1) is 63.6. The molecule has 2 amide bonds. The van der Waals surface area contributed by atoms with Crippen molar-refractivity contribution in [2.75, 3.05) is 133 Å². The third kappa shape index (κ3) is 19.3. The van der Waals surface area contributed by atoms with Crippen molar-refractivity contribution in [2.24, 2.45) is 0 Å². The third-order valence-electron chi connectivity index (χ3n) is 12.6. The van der Waals surface area contributed by atoms with Crippen LogP contribution in [0.15, 0.2) is 82.6 Å². The minimum absolute atomic E-state index is 0.00803. The highest BCUT2D eigenvalue weighted by Crippen LogP contribution is 2.40.